The van der Waals surface area contributed by atoms with E-state index in [1.54, 1.807) is 12.3 Å². The maximum absolute atomic E-state index is 10.9. The lowest BCUT2D eigenvalue weighted by Crippen LogP contribution is -2.13. The summed E-state index contributed by atoms with van der Waals surface area (Å²) in [6.07, 6.45) is 1.60. The first-order valence-corrected chi connectivity index (χ1v) is 6.40. The van der Waals surface area contributed by atoms with Crippen molar-refractivity contribution in [2.24, 2.45) is 0 Å². The highest BCUT2D eigenvalue weighted by molar-refractivity contribution is 7.84. The van der Waals surface area contributed by atoms with Crippen molar-refractivity contribution in [3.63, 3.8) is 0 Å². The lowest BCUT2D eigenvalue weighted by Gasteiger charge is -2.09. The minimum absolute atomic E-state index is 0.163. The van der Waals surface area contributed by atoms with Gasteiger partial charge in [-0.15, -0.1) is 0 Å². The van der Waals surface area contributed by atoms with Crippen LogP contribution in [0.15, 0.2) is 18.2 Å². The average Bonchev–Trinajstić information content (AvgIpc) is 2.16. The quantitative estimate of drug-likeness (QED) is 0.663. The van der Waals surface area contributed by atoms with Gasteiger partial charge < -0.3 is 16.2 Å². The molecule has 1 aromatic carbocycles. The topological polar surface area (TPSA) is 92.4 Å². The fourth-order valence-corrected chi connectivity index (χ4v) is 1.61. The van der Waals surface area contributed by atoms with Gasteiger partial charge in [-0.05, 0) is 18.2 Å². The second-order valence-electron chi connectivity index (χ2n) is 3.31. The number of carboxylic acid groups (broad SMARTS) is 1. The van der Waals surface area contributed by atoms with E-state index in [0.29, 0.717) is 23.7 Å². The summed E-state index contributed by atoms with van der Waals surface area (Å²) in [5.41, 5.74) is 6.68. The van der Waals surface area contributed by atoms with Gasteiger partial charge in [0.25, 0.3) is 0 Å². The number of nitrogen functional groups attached to an aromatic ring is 1. The Morgan fingerprint density at radius 2 is 2.25 bits per heavy atom. The summed E-state index contributed by atoms with van der Waals surface area (Å²) in [7, 11) is -0.903. The summed E-state index contributed by atoms with van der Waals surface area (Å²) in [5.74, 6) is -0.548. The summed E-state index contributed by atoms with van der Waals surface area (Å²) < 4.78 is 10.8. The Morgan fingerprint density at radius 3 is 2.81 bits per heavy atom. The van der Waals surface area contributed by atoms with Crippen LogP contribution in [0.5, 0.6) is 0 Å². The third-order valence-corrected chi connectivity index (χ3v) is 2.76. The van der Waals surface area contributed by atoms with Crippen LogP contribution in [0.4, 0.5) is 11.4 Å². The van der Waals surface area contributed by atoms with Crippen LogP contribution in [-0.2, 0) is 10.8 Å². The summed E-state index contributed by atoms with van der Waals surface area (Å²) in [6, 6.07) is 4.54. The van der Waals surface area contributed by atoms with Gasteiger partial charge in [-0.1, -0.05) is 0 Å². The molecule has 0 spiro atoms. The number of rotatable bonds is 5. The van der Waals surface area contributed by atoms with Gasteiger partial charge in [0, 0.05) is 35.0 Å². The molecule has 1 atom stereocenters. The molecule has 0 aromatic heterocycles. The molecular formula is C10H14N2O3S. The van der Waals surface area contributed by atoms with Gasteiger partial charge in [-0.2, -0.15) is 0 Å². The number of anilines is 2. The maximum Gasteiger partial charge on any atom is 0.337 e. The van der Waals surface area contributed by atoms with Crippen molar-refractivity contribution in [3.05, 3.63) is 23.8 Å². The molecule has 1 unspecified atom stereocenters. The molecule has 6 heteroatoms. The van der Waals surface area contributed by atoms with Crippen molar-refractivity contribution >= 4 is 28.1 Å². The number of hydrogen-bond donors (Lipinski definition) is 3. The molecule has 1 aromatic rings. The average molecular weight is 242 g/mol. The Labute approximate surface area is 96.1 Å². The van der Waals surface area contributed by atoms with Crippen LogP contribution in [0, 0.1) is 0 Å². The van der Waals surface area contributed by atoms with Crippen LogP contribution in [0.3, 0.4) is 0 Å². The van der Waals surface area contributed by atoms with Crippen LogP contribution < -0.4 is 11.1 Å². The van der Waals surface area contributed by atoms with Gasteiger partial charge in [0.1, 0.15) is 0 Å². The third kappa shape index (κ3) is 3.54. The molecule has 0 bridgehead atoms. The lowest BCUT2D eigenvalue weighted by atomic mass is 10.1. The Balaban J connectivity index is 2.80. The molecule has 1 rings (SSSR count). The van der Waals surface area contributed by atoms with E-state index in [4.69, 9.17) is 10.8 Å². The molecule has 0 amide bonds. The van der Waals surface area contributed by atoms with Crippen LogP contribution in [0.25, 0.3) is 0 Å². The molecule has 0 radical (unpaired) electrons. The normalized spacial score (nSPS) is 12.1. The SMILES string of the molecule is CS(=O)CCNc1cc(N)ccc1C(=O)O. The molecule has 0 aliphatic heterocycles. The largest absolute Gasteiger partial charge is 0.478 e. The molecule has 0 heterocycles. The van der Waals surface area contributed by atoms with E-state index in [1.807, 2.05) is 0 Å². The molecule has 0 saturated carbocycles. The molecule has 88 valence electrons. The molecule has 16 heavy (non-hydrogen) atoms. The third-order valence-electron chi connectivity index (χ3n) is 1.98. The van der Waals surface area contributed by atoms with Gasteiger partial charge >= 0.3 is 5.97 Å². The Kier molecular flexibility index (Phi) is 4.30. The number of carboxylic acids is 1. The second-order valence-corrected chi connectivity index (χ2v) is 4.87. The van der Waals surface area contributed by atoms with Crippen molar-refractivity contribution in [1.82, 2.24) is 0 Å². The van der Waals surface area contributed by atoms with Crippen LogP contribution >= 0.6 is 0 Å². The van der Waals surface area contributed by atoms with Crippen molar-refractivity contribution < 1.29 is 14.1 Å². The summed E-state index contributed by atoms with van der Waals surface area (Å²) in [6.45, 7) is 0.451. The van der Waals surface area contributed by atoms with Crippen LogP contribution in [0.2, 0.25) is 0 Å². The fourth-order valence-electron chi connectivity index (χ4n) is 1.22. The first-order valence-electron chi connectivity index (χ1n) is 4.67. The van der Waals surface area contributed by atoms with Gasteiger partial charge in [0.2, 0.25) is 0 Å². The Morgan fingerprint density at radius 1 is 1.56 bits per heavy atom. The smallest absolute Gasteiger partial charge is 0.337 e. The van der Waals surface area contributed by atoms with Crippen molar-refractivity contribution in [3.8, 4) is 0 Å². The number of nitrogens with one attached hydrogen (secondary N) is 1. The van der Waals surface area contributed by atoms with E-state index in [-0.39, 0.29) is 5.56 Å². The monoisotopic (exact) mass is 242 g/mol. The zero-order valence-corrected chi connectivity index (χ0v) is 9.71. The fraction of sp³-hybridized carbons (Fsp3) is 0.300. The van der Waals surface area contributed by atoms with E-state index >= 15 is 0 Å². The Bertz CT molecular complexity index is 421. The number of aromatic carboxylic acids is 1. The molecule has 0 fully saturated rings. The predicted octanol–water partition coefficient (Wildman–Crippen LogP) is 0.757. The van der Waals surface area contributed by atoms with Crippen LogP contribution in [0.1, 0.15) is 10.4 Å². The molecule has 0 aliphatic rings. The summed E-state index contributed by atoms with van der Waals surface area (Å²) in [4.78, 5) is 10.9. The lowest BCUT2D eigenvalue weighted by molar-refractivity contribution is 0.0698. The number of benzene rings is 1. The maximum atomic E-state index is 10.9. The zero-order valence-electron chi connectivity index (χ0n) is 8.90. The van der Waals surface area contributed by atoms with E-state index in [0.717, 1.165) is 0 Å². The van der Waals surface area contributed by atoms with Gasteiger partial charge in [-0.25, -0.2) is 4.79 Å². The first kappa shape index (κ1) is 12.5. The molecule has 0 aliphatic carbocycles. The predicted molar refractivity (Wildman–Crippen MR) is 65.2 cm³/mol. The number of hydrogen-bond acceptors (Lipinski definition) is 4. The standard InChI is InChI=1S/C10H14N2O3S/c1-16(15)5-4-12-9-6-7(11)2-3-8(9)10(13)14/h2-3,6,12H,4-5,11H2,1H3,(H,13,14). The van der Waals surface area contributed by atoms with E-state index in [9.17, 15) is 9.00 Å². The Hall–Kier alpha value is -1.56. The molecule has 5 nitrogen and oxygen atoms in total. The van der Waals surface area contributed by atoms with Gasteiger partial charge in [0.05, 0.1) is 11.3 Å². The minimum Gasteiger partial charge on any atom is -0.478 e. The van der Waals surface area contributed by atoms with E-state index in [1.165, 1.54) is 12.1 Å². The second kappa shape index (κ2) is 5.50. The molecule has 4 N–H and O–H groups in total. The van der Waals surface area contributed by atoms with E-state index in [2.05, 4.69) is 5.32 Å². The van der Waals surface area contributed by atoms with Gasteiger partial charge in [0.15, 0.2) is 0 Å². The highest BCUT2D eigenvalue weighted by Crippen LogP contribution is 2.18. The van der Waals surface area contributed by atoms with Crippen LogP contribution in [-0.4, -0.2) is 33.8 Å². The van der Waals surface area contributed by atoms with Crippen molar-refractivity contribution in [1.29, 1.82) is 0 Å². The number of nitrogens with two attached hydrogens (primary N) is 1. The highest BCUT2D eigenvalue weighted by atomic mass is 32.2. The first-order chi connectivity index (χ1) is 7.50. The number of carbonyl (C=O) groups is 1. The summed E-state index contributed by atoms with van der Waals surface area (Å²) in [5, 5.41) is 11.8. The highest BCUT2D eigenvalue weighted by Gasteiger charge is 2.09. The van der Waals surface area contributed by atoms with Crippen molar-refractivity contribution in [2.45, 2.75) is 0 Å². The van der Waals surface area contributed by atoms with Crippen molar-refractivity contribution in [2.75, 3.05) is 29.6 Å². The van der Waals surface area contributed by atoms with Gasteiger partial charge in [-0.3, -0.25) is 4.21 Å². The summed E-state index contributed by atoms with van der Waals surface area (Å²) >= 11 is 0. The van der Waals surface area contributed by atoms with E-state index < -0.39 is 16.8 Å². The zero-order chi connectivity index (χ0) is 12.1. The molecule has 0 saturated heterocycles. The minimum atomic E-state index is -1.01. The molecular weight excluding hydrogens is 228 g/mol.